The van der Waals surface area contributed by atoms with E-state index in [1.54, 1.807) is 0 Å². The van der Waals surface area contributed by atoms with Crippen LogP contribution >= 0.6 is 0 Å². The molecule has 3 heteroatoms. The molecule has 80 valence electrons. The molecule has 4 N–H and O–H groups in total. The molecule has 0 radical (unpaired) electrons. The lowest BCUT2D eigenvalue weighted by molar-refractivity contribution is 0.0388. The van der Waals surface area contributed by atoms with Crippen molar-refractivity contribution in [1.29, 1.82) is 0 Å². The highest BCUT2D eigenvalue weighted by Crippen LogP contribution is 2.19. The molecule has 0 aromatic rings. The van der Waals surface area contributed by atoms with Gasteiger partial charge in [0.15, 0.2) is 0 Å². The first-order chi connectivity index (χ1) is 6.08. The van der Waals surface area contributed by atoms with E-state index in [4.69, 9.17) is 16.2 Å². The third-order valence-corrected chi connectivity index (χ3v) is 2.60. The van der Waals surface area contributed by atoms with Gasteiger partial charge in [-0.15, -0.1) is 0 Å². The Morgan fingerprint density at radius 1 is 1.38 bits per heavy atom. The molecule has 0 aliphatic heterocycles. The first-order valence-corrected chi connectivity index (χ1v) is 5.06. The van der Waals surface area contributed by atoms with Gasteiger partial charge in [0.25, 0.3) is 0 Å². The third-order valence-electron chi connectivity index (χ3n) is 2.60. The Morgan fingerprint density at radius 3 is 2.38 bits per heavy atom. The molecule has 0 aromatic heterocycles. The minimum atomic E-state index is 0.133. The highest BCUT2D eigenvalue weighted by atomic mass is 16.5. The maximum atomic E-state index is 5.66. The van der Waals surface area contributed by atoms with Gasteiger partial charge in [0.1, 0.15) is 0 Å². The summed E-state index contributed by atoms with van der Waals surface area (Å²) in [5, 5.41) is 0. The van der Waals surface area contributed by atoms with Crippen LogP contribution in [0.5, 0.6) is 0 Å². The lowest BCUT2D eigenvalue weighted by atomic mass is 9.89. The van der Waals surface area contributed by atoms with Crippen molar-refractivity contribution < 1.29 is 4.74 Å². The van der Waals surface area contributed by atoms with Gasteiger partial charge in [0, 0.05) is 5.41 Å². The van der Waals surface area contributed by atoms with Crippen molar-refractivity contribution in [3.05, 3.63) is 0 Å². The van der Waals surface area contributed by atoms with Crippen LogP contribution in [-0.2, 0) is 4.74 Å². The number of nitrogens with two attached hydrogens (primary N) is 2. The molecule has 3 nitrogen and oxygen atoms in total. The lowest BCUT2D eigenvalue weighted by Crippen LogP contribution is -2.32. The van der Waals surface area contributed by atoms with Gasteiger partial charge in [-0.2, -0.15) is 0 Å². The maximum Gasteiger partial charge on any atom is 0.0531 e. The fourth-order valence-electron chi connectivity index (χ4n) is 0.880. The zero-order chi connectivity index (χ0) is 10.3. The molecule has 2 atom stereocenters. The molecule has 0 aliphatic rings. The van der Waals surface area contributed by atoms with Crippen LogP contribution in [0.25, 0.3) is 0 Å². The Morgan fingerprint density at radius 2 is 2.00 bits per heavy atom. The Bertz CT molecular complexity index is 124. The smallest absolute Gasteiger partial charge is 0.0531 e. The van der Waals surface area contributed by atoms with Crippen molar-refractivity contribution >= 4 is 0 Å². The maximum absolute atomic E-state index is 5.66. The average Bonchev–Trinajstić information content (AvgIpc) is 2.17. The van der Waals surface area contributed by atoms with Gasteiger partial charge >= 0.3 is 0 Å². The van der Waals surface area contributed by atoms with E-state index < -0.39 is 0 Å². The van der Waals surface area contributed by atoms with E-state index >= 15 is 0 Å². The van der Waals surface area contributed by atoms with Crippen molar-refractivity contribution in [1.82, 2.24) is 0 Å². The largest absolute Gasteiger partial charge is 0.381 e. The molecule has 0 aliphatic carbocycles. The highest BCUT2D eigenvalue weighted by molar-refractivity contribution is 4.72. The molecule has 0 heterocycles. The molecule has 0 saturated carbocycles. The summed E-state index contributed by atoms with van der Waals surface area (Å²) in [5.74, 6) is 0.443. The molecule has 0 aromatic carbocycles. The first kappa shape index (κ1) is 12.9. The van der Waals surface area contributed by atoms with Crippen molar-refractivity contribution in [2.45, 2.75) is 27.2 Å². The molecule has 0 bridgehead atoms. The molecule has 0 rings (SSSR count). The van der Waals surface area contributed by atoms with Crippen LogP contribution in [0.3, 0.4) is 0 Å². The van der Waals surface area contributed by atoms with Crippen LogP contribution < -0.4 is 11.5 Å². The predicted octanol–water partition coefficient (Wildman–Crippen LogP) is 0.973. The van der Waals surface area contributed by atoms with E-state index in [0.29, 0.717) is 19.0 Å². The number of ether oxygens (including phenoxy) is 1. The first-order valence-electron chi connectivity index (χ1n) is 5.06. The van der Waals surface area contributed by atoms with Gasteiger partial charge in [-0.3, -0.25) is 0 Å². The van der Waals surface area contributed by atoms with Crippen molar-refractivity contribution in [3.63, 3.8) is 0 Å². The molecule has 0 saturated heterocycles. The van der Waals surface area contributed by atoms with E-state index in [9.17, 15) is 0 Å². The lowest BCUT2D eigenvalue weighted by Gasteiger charge is -2.26. The summed E-state index contributed by atoms with van der Waals surface area (Å²) in [7, 11) is 0. The molecule has 2 unspecified atom stereocenters. The van der Waals surface area contributed by atoms with Crippen LogP contribution in [0.4, 0.5) is 0 Å². The van der Waals surface area contributed by atoms with E-state index in [1.165, 1.54) is 0 Å². The molecule has 0 amide bonds. The summed E-state index contributed by atoms with van der Waals surface area (Å²) in [6.45, 7) is 9.23. The summed E-state index contributed by atoms with van der Waals surface area (Å²) < 4.78 is 5.57. The van der Waals surface area contributed by atoms with Gasteiger partial charge in [-0.05, 0) is 25.4 Å². The van der Waals surface area contributed by atoms with Crippen LogP contribution in [-0.4, -0.2) is 26.3 Å². The monoisotopic (exact) mass is 188 g/mol. The zero-order valence-electron chi connectivity index (χ0n) is 9.18. The number of rotatable bonds is 7. The Kier molecular flexibility index (Phi) is 6.29. The topological polar surface area (TPSA) is 61.3 Å². The Balaban J connectivity index is 3.61. The molecular weight excluding hydrogens is 164 g/mol. The summed E-state index contributed by atoms with van der Waals surface area (Å²) in [6.07, 6.45) is 1.06. The number of hydrogen-bond donors (Lipinski definition) is 2. The van der Waals surface area contributed by atoms with Crippen molar-refractivity contribution in [2.75, 3.05) is 26.3 Å². The highest BCUT2D eigenvalue weighted by Gasteiger charge is 2.20. The van der Waals surface area contributed by atoms with E-state index in [2.05, 4.69) is 20.8 Å². The van der Waals surface area contributed by atoms with Crippen LogP contribution in [0.15, 0.2) is 0 Å². The molecule has 13 heavy (non-hydrogen) atoms. The molecule has 0 fully saturated rings. The minimum absolute atomic E-state index is 0.133. The standard InChI is InChI=1S/C10H24N2O/c1-4-10(3,7-12)8-13-6-9(2)5-11/h9H,4-8,11-12H2,1-3H3. The summed E-state index contributed by atoms with van der Waals surface area (Å²) in [5.41, 5.74) is 11.3. The predicted molar refractivity (Wildman–Crippen MR) is 56.5 cm³/mol. The van der Waals surface area contributed by atoms with Gasteiger partial charge in [0.2, 0.25) is 0 Å². The van der Waals surface area contributed by atoms with Crippen LogP contribution in [0.1, 0.15) is 27.2 Å². The van der Waals surface area contributed by atoms with E-state index in [-0.39, 0.29) is 5.41 Å². The van der Waals surface area contributed by atoms with Gasteiger partial charge in [-0.1, -0.05) is 20.8 Å². The van der Waals surface area contributed by atoms with Gasteiger partial charge in [0.05, 0.1) is 13.2 Å². The second-order valence-corrected chi connectivity index (χ2v) is 4.22. The fourth-order valence-corrected chi connectivity index (χ4v) is 0.880. The quantitative estimate of drug-likeness (QED) is 0.626. The van der Waals surface area contributed by atoms with Crippen molar-refractivity contribution in [2.24, 2.45) is 22.8 Å². The van der Waals surface area contributed by atoms with Crippen molar-refractivity contribution in [3.8, 4) is 0 Å². The SMILES string of the molecule is CCC(C)(CN)COCC(C)CN. The second kappa shape index (κ2) is 6.35. The summed E-state index contributed by atoms with van der Waals surface area (Å²) >= 11 is 0. The summed E-state index contributed by atoms with van der Waals surface area (Å²) in [6, 6.07) is 0. The van der Waals surface area contributed by atoms with E-state index in [0.717, 1.165) is 19.6 Å². The normalized spacial score (nSPS) is 18.2. The second-order valence-electron chi connectivity index (χ2n) is 4.22. The molecular formula is C10H24N2O. The van der Waals surface area contributed by atoms with E-state index in [1.807, 2.05) is 0 Å². The molecule has 0 spiro atoms. The number of hydrogen-bond acceptors (Lipinski definition) is 3. The third kappa shape index (κ3) is 5.24. The Labute approximate surface area is 81.8 Å². The Hall–Kier alpha value is -0.120. The van der Waals surface area contributed by atoms with Crippen LogP contribution in [0.2, 0.25) is 0 Å². The minimum Gasteiger partial charge on any atom is -0.381 e. The summed E-state index contributed by atoms with van der Waals surface area (Å²) in [4.78, 5) is 0. The van der Waals surface area contributed by atoms with Gasteiger partial charge in [-0.25, -0.2) is 0 Å². The van der Waals surface area contributed by atoms with Crippen LogP contribution in [0, 0.1) is 11.3 Å². The average molecular weight is 188 g/mol. The fraction of sp³-hybridized carbons (Fsp3) is 1.00. The zero-order valence-corrected chi connectivity index (χ0v) is 9.18. The van der Waals surface area contributed by atoms with Gasteiger partial charge < -0.3 is 16.2 Å².